The van der Waals surface area contributed by atoms with Crippen molar-refractivity contribution in [2.75, 3.05) is 6.61 Å². The summed E-state index contributed by atoms with van der Waals surface area (Å²) in [6.07, 6.45) is -4.89. The molecule has 0 aliphatic carbocycles. The van der Waals surface area contributed by atoms with E-state index in [1.807, 2.05) is 0 Å². The van der Waals surface area contributed by atoms with Gasteiger partial charge in [-0.3, -0.25) is 4.79 Å². The van der Waals surface area contributed by atoms with Gasteiger partial charge in [0.2, 0.25) is 11.2 Å². The summed E-state index contributed by atoms with van der Waals surface area (Å²) in [4.78, 5) is 23.2. The van der Waals surface area contributed by atoms with Gasteiger partial charge in [-0.1, -0.05) is 30.3 Å². The van der Waals surface area contributed by atoms with Crippen LogP contribution in [0.3, 0.4) is 0 Å². The van der Waals surface area contributed by atoms with Crippen LogP contribution >= 0.6 is 0 Å². The molecule has 0 bridgehead atoms. The van der Waals surface area contributed by atoms with Crippen molar-refractivity contribution in [3.63, 3.8) is 0 Å². The van der Waals surface area contributed by atoms with Gasteiger partial charge in [-0.25, -0.2) is 4.79 Å². The number of hydrogen-bond acceptors (Lipinski definition) is 4. The molecule has 1 heterocycles. The van der Waals surface area contributed by atoms with Crippen LogP contribution in [0.25, 0.3) is 22.1 Å². The molecule has 0 aliphatic rings. The Morgan fingerprint density at radius 1 is 1.12 bits per heavy atom. The zero-order chi connectivity index (χ0) is 18.9. The van der Waals surface area contributed by atoms with Gasteiger partial charge in [0.1, 0.15) is 11.3 Å². The Morgan fingerprint density at radius 3 is 2.42 bits per heavy atom. The predicted molar refractivity (Wildman–Crippen MR) is 86.1 cm³/mol. The van der Waals surface area contributed by atoms with Crippen LogP contribution in [-0.2, 0) is 11.0 Å². The maximum absolute atomic E-state index is 13.5. The lowest BCUT2D eigenvalue weighted by Gasteiger charge is -2.13. The second-order valence-corrected chi connectivity index (χ2v) is 5.34. The number of carboxylic acid groups (broad SMARTS) is 1. The quantitative estimate of drug-likeness (QED) is 0.759. The van der Waals surface area contributed by atoms with Crippen molar-refractivity contribution in [2.24, 2.45) is 0 Å². The van der Waals surface area contributed by atoms with Crippen LogP contribution in [0.15, 0.2) is 57.7 Å². The smallest absolute Gasteiger partial charge is 0.450 e. The van der Waals surface area contributed by atoms with Crippen molar-refractivity contribution in [2.45, 2.75) is 6.18 Å². The molecule has 0 spiro atoms. The molecule has 0 saturated heterocycles. The van der Waals surface area contributed by atoms with Crippen LogP contribution in [-0.4, -0.2) is 17.7 Å². The SMILES string of the molecule is O=C(O)COc1ccc2c(=O)c(-c3ccccc3)c(C(F)(F)F)oc2c1. The average molecular weight is 364 g/mol. The Balaban J connectivity index is 2.25. The maximum atomic E-state index is 13.5. The fourth-order valence-electron chi connectivity index (χ4n) is 2.47. The summed E-state index contributed by atoms with van der Waals surface area (Å²) in [6, 6.07) is 11.0. The van der Waals surface area contributed by atoms with Crippen LogP contribution in [0.2, 0.25) is 0 Å². The van der Waals surface area contributed by atoms with Crippen molar-refractivity contribution in [1.82, 2.24) is 0 Å². The fourth-order valence-corrected chi connectivity index (χ4v) is 2.47. The summed E-state index contributed by atoms with van der Waals surface area (Å²) in [5.74, 6) is -2.69. The summed E-state index contributed by atoms with van der Waals surface area (Å²) in [5.41, 5.74) is -1.68. The first kappa shape index (κ1) is 17.5. The first-order valence-electron chi connectivity index (χ1n) is 7.35. The topological polar surface area (TPSA) is 76.7 Å². The fraction of sp³-hybridized carbons (Fsp3) is 0.111. The Labute approximate surface area is 144 Å². The summed E-state index contributed by atoms with van der Waals surface area (Å²) < 4.78 is 50.3. The predicted octanol–water partition coefficient (Wildman–Crippen LogP) is 3.94. The zero-order valence-electron chi connectivity index (χ0n) is 13.0. The number of hydrogen-bond donors (Lipinski definition) is 1. The highest BCUT2D eigenvalue weighted by Gasteiger charge is 2.39. The van der Waals surface area contributed by atoms with E-state index < -0.39 is 35.5 Å². The highest BCUT2D eigenvalue weighted by Crippen LogP contribution is 2.37. The molecule has 5 nitrogen and oxygen atoms in total. The highest BCUT2D eigenvalue weighted by molar-refractivity contribution is 5.84. The Kier molecular flexibility index (Phi) is 4.41. The van der Waals surface area contributed by atoms with Gasteiger partial charge < -0.3 is 14.3 Å². The Bertz CT molecular complexity index is 1020. The van der Waals surface area contributed by atoms with Gasteiger partial charge in [-0.2, -0.15) is 13.2 Å². The zero-order valence-corrected chi connectivity index (χ0v) is 13.0. The first-order chi connectivity index (χ1) is 12.3. The second kappa shape index (κ2) is 6.55. The third-order valence-electron chi connectivity index (χ3n) is 3.55. The summed E-state index contributed by atoms with van der Waals surface area (Å²) >= 11 is 0. The molecule has 134 valence electrons. The average Bonchev–Trinajstić information content (AvgIpc) is 2.59. The van der Waals surface area contributed by atoms with Crippen LogP contribution in [0.1, 0.15) is 5.76 Å². The van der Waals surface area contributed by atoms with Gasteiger partial charge in [0.15, 0.2) is 6.61 Å². The molecule has 0 amide bonds. The van der Waals surface area contributed by atoms with Gasteiger partial charge in [-0.15, -0.1) is 0 Å². The number of ether oxygens (including phenoxy) is 1. The standard InChI is InChI=1S/C18H11F3O5/c19-18(20,21)17-15(10-4-2-1-3-5-10)16(24)12-7-6-11(8-13(12)26-17)25-9-14(22)23/h1-8H,9H2,(H,22,23). The van der Waals surface area contributed by atoms with Crippen molar-refractivity contribution in [3.8, 4) is 16.9 Å². The molecular weight excluding hydrogens is 353 g/mol. The lowest BCUT2D eigenvalue weighted by atomic mass is 10.0. The molecule has 8 heteroatoms. The van der Waals surface area contributed by atoms with Gasteiger partial charge >= 0.3 is 12.1 Å². The molecule has 0 radical (unpaired) electrons. The Hall–Kier alpha value is -3.29. The van der Waals surface area contributed by atoms with Crippen LogP contribution in [0, 0.1) is 0 Å². The minimum Gasteiger partial charge on any atom is -0.482 e. The largest absolute Gasteiger partial charge is 0.482 e. The van der Waals surface area contributed by atoms with E-state index in [9.17, 15) is 22.8 Å². The molecule has 2 aromatic carbocycles. The minimum atomic E-state index is -4.89. The van der Waals surface area contributed by atoms with Crippen molar-refractivity contribution in [3.05, 3.63) is 64.5 Å². The number of aliphatic carboxylic acids is 1. The van der Waals surface area contributed by atoms with Gasteiger partial charge in [-0.05, 0) is 17.7 Å². The van der Waals surface area contributed by atoms with Crippen LogP contribution in [0.4, 0.5) is 13.2 Å². The normalized spacial score (nSPS) is 11.5. The van der Waals surface area contributed by atoms with Gasteiger partial charge in [0, 0.05) is 6.07 Å². The van der Waals surface area contributed by atoms with E-state index in [2.05, 4.69) is 0 Å². The second-order valence-electron chi connectivity index (χ2n) is 5.34. The number of carbonyl (C=O) groups is 1. The van der Waals surface area contributed by atoms with Gasteiger partial charge in [0.05, 0.1) is 10.9 Å². The van der Waals surface area contributed by atoms with E-state index in [4.69, 9.17) is 14.3 Å². The number of carboxylic acids is 1. The molecule has 0 unspecified atom stereocenters. The van der Waals surface area contributed by atoms with E-state index in [0.717, 1.165) is 6.07 Å². The molecule has 26 heavy (non-hydrogen) atoms. The van der Waals surface area contributed by atoms with E-state index in [0.29, 0.717) is 0 Å². The molecule has 0 fully saturated rings. The van der Waals surface area contributed by atoms with Crippen molar-refractivity contribution < 1.29 is 32.2 Å². The number of alkyl halides is 3. The molecule has 3 rings (SSSR count). The number of rotatable bonds is 4. The molecule has 1 aromatic heterocycles. The van der Waals surface area contributed by atoms with E-state index in [-0.39, 0.29) is 22.3 Å². The maximum Gasteiger partial charge on any atom is 0.450 e. The summed E-state index contributed by atoms with van der Waals surface area (Å²) in [7, 11) is 0. The van der Waals surface area contributed by atoms with Crippen LogP contribution < -0.4 is 10.2 Å². The third kappa shape index (κ3) is 3.39. The lowest BCUT2D eigenvalue weighted by Crippen LogP contribution is -2.16. The lowest BCUT2D eigenvalue weighted by molar-refractivity contribution is -0.152. The minimum absolute atomic E-state index is 0.0244. The first-order valence-corrected chi connectivity index (χ1v) is 7.35. The van der Waals surface area contributed by atoms with Crippen molar-refractivity contribution in [1.29, 1.82) is 0 Å². The summed E-state index contributed by atoms with van der Waals surface area (Å²) in [5, 5.41) is 8.53. The van der Waals surface area contributed by atoms with Gasteiger partial charge in [0.25, 0.3) is 0 Å². The number of fused-ring (bicyclic) bond motifs is 1. The van der Waals surface area contributed by atoms with E-state index in [1.54, 1.807) is 6.07 Å². The van der Waals surface area contributed by atoms with E-state index >= 15 is 0 Å². The Morgan fingerprint density at radius 2 is 1.81 bits per heavy atom. The molecule has 0 saturated carbocycles. The molecule has 1 N–H and O–H groups in total. The molecular formula is C18H11F3O5. The number of benzene rings is 2. The molecule has 3 aromatic rings. The van der Waals surface area contributed by atoms with Crippen LogP contribution in [0.5, 0.6) is 5.75 Å². The van der Waals surface area contributed by atoms with E-state index in [1.165, 1.54) is 36.4 Å². The molecule has 0 aliphatic heterocycles. The monoisotopic (exact) mass is 364 g/mol. The third-order valence-corrected chi connectivity index (χ3v) is 3.55. The number of halogens is 3. The van der Waals surface area contributed by atoms with Crippen molar-refractivity contribution >= 4 is 16.9 Å². The highest BCUT2D eigenvalue weighted by atomic mass is 19.4. The molecule has 0 atom stereocenters. The summed E-state index contributed by atoms with van der Waals surface area (Å²) in [6.45, 7) is -0.677.